The number of benzene rings is 2. The van der Waals surface area contributed by atoms with Crippen LogP contribution in [0.25, 0.3) is 0 Å². The van der Waals surface area contributed by atoms with Gasteiger partial charge in [0, 0.05) is 36.1 Å². The zero-order valence-corrected chi connectivity index (χ0v) is 18.4. The van der Waals surface area contributed by atoms with Crippen LogP contribution in [0.2, 0.25) is 0 Å². The first-order valence-electron chi connectivity index (χ1n) is 9.88. The third-order valence-electron chi connectivity index (χ3n) is 4.94. The molecule has 0 aromatic heterocycles. The standard InChI is InChI=1S/C21H24FN3O4S2/c22-17-6-8-18(9-7-17)30-15-12-20(26)23-24-21(27)16-10-13-25(14-11-16)31(28,29)19-4-2-1-3-5-19/h1-9,16H,10-15H2,(H,23,26)(H,24,27). The Morgan fingerprint density at radius 3 is 2.29 bits per heavy atom. The van der Waals surface area contributed by atoms with Crippen LogP contribution in [0.5, 0.6) is 0 Å². The van der Waals surface area contributed by atoms with E-state index in [1.165, 1.54) is 28.2 Å². The van der Waals surface area contributed by atoms with Gasteiger partial charge in [0.05, 0.1) is 4.90 Å². The smallest absolute Gasteiger partial charge is 0.243 e. The lowest BCUT2D eigenvalue weighted by Crippen LogP contribution is -2.48. The molecule has 0 bridgehead atoms. The van der Waals surface area contributed by atoms with Gasteiger partial charge < -0.3 is 0 Å². The second-order valence-corrected chi connectivity index (χ2v) is 10.2. The minimum atomic E-state index is -3.56. The fourth-order valence-corrected chi connectivity index (χ4v) is 5.53. The molecule has 7 nitrogen and oxygen atoms in total. The van der Waals surface area contributed by atoms with Gasteiger partial charge in [-0.15, -0.1) is 11.8 Å². The van der Waals surface area contributed by atoms with Gasteiger partial charge in [-0.1, -0.05) is 18.2 Å². The maximum atomic E-state index is 12.9. The number of nitrogens with zero attached hydrogens (tertiary/aromatic N) is 1. The van der Waals surface area contributed by atoms with Crippen LogP contribution < -0.4 is 10.9 Å². The summed E-state index contributed by atoms with van der Waals surface area (Å²) in [5.74, 6) is -0.837. The van der Waals surface area contributed by atoms with Gasteiger partial charge in [-0.3, -0.25) is 20.4 Å². The second kappa shape index (κ2) is 10.7. The molecular formula is C21H24FN3O4S2. The fraction of sp³-hybridized carbons (Fsp3) is 0.333. The van der Waals surface area contributed by atoms with Crippen LogP contribution in [-0.2, 0) is 19.6 Å². The summed E-state index contributed by atoms with van der Waals surface area (Å²) in [5, 5.41) is 0. The number of sulfonamides is 1. The van der Waals surface area contributed by atoms with E-state index >= 15 is 0 Å². The molecule has 0 saturated carbocycles. The van der Waals surface area contributed by atoms with Gasteiger partial charge in [-0.2, -0.15) is 4.31 Å². The van der Waals surface area contributed by atoms with Crippen LogP contribution in [-0.4, -0.2) is 43.4 Å². The number of hydrogen-bond donors (Lipinski definition) is 2. The molecule has 1 saturated heterocycles. The van der Waals surface area contributed by atoms with Crippen molar-refractivity contribution in [1.29, 1.82) is 0 Å². The maximum absolute atomic E-state index is 12.9. The molecule has 10 heteroatoms. The van der Waals surface area contributed by atoms with Crippen LogP contribution >= 0.6 is 11.8 Å². The molecule has 1 aliphatic rings. The molecule has 2 aromatic carbocycles. The molecule has 1 fully saturated rings. The van der Waals surface area contributed by atoms with Gasteiger partial charge in [0.15, 0.2) is 0 Å². The Hall–Kier alpha value is -2.43. The predicted molar refractivity (Wildman–Crippen MR) is 116 cm³/mol. The molecule has 2 amide bonds. The fourth-order valence-electron chi connectivity index (χ4n) is 3.19. The minimum Gasteiger partial charge on any atom is -0.273 e. The van der Waals surface area contributed by atoms with Crippen LogP contribution in [0.4, 0.5) is 4.39 Å². The lowest BCUT2D eigenvalue weighted by molar-refractivity contribution is -0.131. The summed E-state index contributed by atoms with van der Waals surface area (Å²) in [5.41, 5.74) is 4.83. The van der Waals surface area contributed by atoms with E-state index < -0.39 is 10.0 Å². The normalized spacial score (nSPS) is 15.4. The van der Waals surface area contributed by atoms with Crippen LogP contribution in [0.1, 0.15) is 19.3 Å². The van der Waals surface area contributed by atoms with Crippen LogP contribution in [0, 0.1) is 11.7 Å². The quantitative estimate of drug-likeness (QED) is 0.484. The molecule has 0 spiro atoms. The van der Waals surface area contributed by atoms with Gasteiger partial charge in [0.2, 0.25) is 21.8 Å². The van der Waals surface area contributed by atoms with Crippen LogP contribution in [0.15, 0.2) is 64.4 Å². The molecule has 2 aromatic rings. The van der Waals surface area contributed by atoms with E-state index in [1.54, 1.807) is 42.5 Å². The van der Waals surface area contributed by atoms with Crippen molar-refractivity contribution in [3.8, 4) is 0 Å². The highest BCUT2D eigenvalue weighted by Gasteiger charge is 2.32. The highest BCUT2D eigenvalue weighted by atomic mass is 32.2. The number of carbonyl (C=O) groups is 2. The number of rotatable bonds is 7. The lowest BCUT2D eigenvalue weighted by atomic mass is 9.98. The van der Waals surface area contributed by atoms with E-state index in [0.29, 0.717) is 18.6 Å². The van der Waals surface area contributed by atoms with E-state index in [9.17, 15) is 22.4 Å². The van der Waals surface area contributed by atoms with Crippen molar-refractivity contribution in [3.63, 3.8) is 0 Å². The molecule has 166 valence electrons. The highest BCUT2D eigenvalue weighted by molar-refractivity contribution is 7.99. The van der Waals surface area contributed by atoms with Gasteiger partial charge in [-0.05, 0) is 49.2 Å². The second-order valence-electron chi connectivity index (χ2n) is 7.08. The predicted octanol–water partition coefficient (Wildman–Crippen LogP) is 2.56. The Labute approximate surface area is 185 Å². The SMILES string of the molecule is O=C(CCSc1ccc(F)cc1)NNC(=O)C1CCN(S(=O)(=O)c2ccccc2)CC1. The molecule has 0 unspecified atom stereocenters. The third kappa shape index (κ3) is 6.52. The van der Waals surface area contributed by atoms with Gasteiger partial charge in [0.25, 0.3) is 0 Å². The number of nitrogens with one attached hydrogen (secondary N) is 2. The van der Waals surface area contributed by atoms with E-state index in [0.717, 1.165) is 4.90 Å². The molecule has 0 atom stereocenters. The van der Waals surface area contributed by atoms with Crippen LogP contribution in [0.3, 0.4) is 0 Å². The number of amides is 2. The minimum absolute atomic E-state index is 0.191. The molecular weight excluding hydrogens is 441 g/mol. The largest absolute Gasteiger partial charge is 0.273 e. The first kappa shape index (κ1) is 23.2. The Bertz CT molecular complexity index is 993. The van der Waals surface area contributed by atoms with Crippen molar-refractivity contribution < 1.29 is 22.4 Å². The number of carbonyl (C=O) groups excluding carboxylic acids is 2. The van der Waals surface area contributed by atoms with Crippen molar-refractivity contribution in [1.82, 2.24) is 15.2 Å². The van der Waals surface area contributed by atoms with Gasteiger partial charge >= 0.3 is 0 Å². The average molecular weight is 466 g/mol. The van der Waals surface area contributed by atoms with E-state index in [2.05, 4.69) is 10.9 Å². The van der Waals surface area contributed by atoms with E-state index in [1.807, 2.05) is 0 Å². The Morgan fingerprint density at radius 1 is 1.00 bits per heavy atom. The van der Waals surface area contributed by atoms with Gasteiger partial charge in [-0.25, -0.2) is 12.8 Å². The van der Waals surface area contributed by atoms with Crippen molar-refractivity contribution in [2.45, 2.75) is 29.1 Å². The molecule has 31 heavy (non-hydrogen) atoms. The molecule has 1 aliphatic heterocycles. The summed E-state index contributed by atoms with van der Waals surface area (Å²) in [4.78, 5) is 25.3. The maximum Gasteiger partial charge on any atom is 0.243 e. The number of hydrogen-bond acceptors (Lipinski definition) is 5. The molecule has 2 N–H and O–H groups in total. The molecule has 1 heterocycles. The zero-order chi connectivity index (χ0) is 22.3. The number of thioether (sulfide) groups is 1. The van der Waals surface area contributed by atoms with Crippen molar-refractivity contribution in [2.75, 3.05) is 18.8 Å². The molecule has 0 radical (unpaired) electrons. The molecule has 0 aliphatic carbocycles. The van der Waals surface area contributed by atoms with E-state index in [4.69, 9.17) is 0 Å². The summed E-state index contributed by atoms with van der Waals surface area (Å²) in [6.07, 6.45) is 0.957. The summed E-state index contributed by atoms with van der Waals surface area (Å²) in [6.45, 7) is 0.495. The zero-order valence-electron chi connectivity index (χ0n) is 16.8. The third-order valence-corrected chi connectivity index (χ3v) is 7.87. The molecule has 3 rings (SSSR count). The lowest BCUT2D eigenvalue weighted by Gasteiger charge is -2.30. The number of halogens is 1. The Balaban J connectivity index is 1.38. The Kier molecular flexibility index (Phi) is 8.05. The monoisotopic (exact) mass is 465 g/mol. The van der Waals surface area contributed by atoms with Crippen molar-refractivity contribution in [2.24, 2.45) is 5.92 Å². The summed E-state index contributed by atoms with van der Waals surface area (Å²) >= 11 is 1.42. The number of hydrazine groups is 1. The van der Waals surface area contributed by atoms with Gasteiger partial charge in [0.1, 0.15) is 5.82 Å². The average Bonchev–Trinajstić information content (AvgIpc) is 2.79. The first-order chi connectivity index (χ1) is 14.9. The summed E-state index contributed by atoms with van der Waals surface area (Å²) in [7, 11) is -3.56. The Morgan fingerprint density at radius 2 is 1.65 bits per heavy atom. The first-order valence-corrected chi connectivity index (χ1v) is 12.3. The van der Waals surface area contributed by atoms with Crippen molar-refractivity contribution >= 4 is 33.6 Å². The summed E-state index contributed by atoms with van der Waals surface area (Å²) in [6, 6.07) is 14.2. The van der Waals surface area contributed by atoms with Crippen molar-refractivity contribution in [3.05, 3.63) is 60.4 Å². The highest BCUT2D eigenvalue weighted by Crippen LogP contribution is 2.24. The number of piperidine rings is 1. The van der Waals surface area contributed by atoms with E-state index in [-0.39, 0.29) is 48.0 Å². The topological polar surface area (TPSA) is 95.6 Å². The summed E-state index contributed by atoms with van der Waals surface area (Å²) < 4.78 is 39.6.